The van der Waals surface area contributed by atoms with Crippen molar-refractivity contribution in [2.45, 2.75) is 0 Å². The summed E-state index contributed by atoms with van der Waals surface area (Å²) >= 11 is 15.3. The van der Waals surface area contributed by atoms with E-state index in [2.05, 4.69) is 31.1 Å². The highest BCUT2D eigenvalue weighted by atomic mass is 79.9. The Balaban J connectivity index is 2.02. The molecule has 0 unspecified atom stereocenters. The highest BCUT2D eigenvalue weighted by Gasteiger charge is 2.14. The molecule has 1 aromatic carbocycles. The highest BCUT2D eigenvalue weighted by Crippen LogP contribution is 2.33. The number of aromatic nitrogens is 3. The molecule has 3 rings (SSSR count). The number of nitrogens with two attached hydrogens (primary N) is 1. The van der Waals surface area contributed by atoms with E-state index in [-0.39, 0.29) is 0 Å². The number of hydrogen-bond acceptors (Lipinski definition) is 5. The van der Waals surface area contributed by atoms with Crippen molar-refractivity contribution in [1.82, 2.24) is 15.1 Å². The number of nitrogen functional groups attached to an aromatic ring is 1. The van der Waals surface area contributed by atoms with Crippen molar-refractivity contribution in [2.24, 2.45) is 0 Å². The van der Waals surface area contributed by atoms with Gasteiger partial charge in [-0.2, -0.15) is 4.98 Å². The van der Waals surface area contributed by atoms with Gasteiger partial charge in [-0.3, -0.25) is 4.98 Å². The minimum atomic E-state index is 0.300. The van der Waals surface area contributed by atoms with E-state index in [9.17, 15) is 0 Å². The topological polar surface area (TPSA) is 77.8 Å². The zero-order valence-corrected chi connectivity index (χ0v) is 13.4. The molecule has 8 heteroatoms. The van der Waals surface area contributed by atoms with Crippen LogP contribution < -0.4 is 5.73 Å². The lowest BCUT2D eigenvalue weighted by Crippen LogP contribution is -1.89. The number of pyridine rings is 1. The first-order chi connectivity index (χ1) is 10.0. The van der Waals surface area contributed by atoms with E-state index in [0.717, 1.165) is 10.0 Å². The Bertz CT molecular complexity index is 798. The van der Waals surface area contributed by atoms with Crippen molar-refractivity contribution in [3.05, 3.63) is 45.1 Å². The van der Waals surface area contributed by atoms with Crippen molar-refractivity contribution in [2.75, 3.05) is 5.73 Å². The first kappa shape index (κ1) is 14.3. The molecular formula is C13H7BrCl2N4O. The molecule has 0 saturated carbocycles. The molecule has 2 N–H and O–H groups in total. The van der Waals surface area contributed by atoms with Crippen LogP contribution in [0.5, 0.6) is 0 Å². The van der Waals surface area contributed by atoms with Crippen molar-refractivity contribution < 1.29 is 4.52 Å². The fraction of sp³-hybridized carbons (Fsp3) is 0. The van der Waals surface area contributed by atoms with E-state index in [4.69, 9.17) is 33.5 Å². The number of nitrogens with zero attached hydrogens (tertiary/aromatic N) is 3. The van der Waals surface area contributed by atoms with Crippen molar-refractivity contribution >= 4 is 44.8 Å². The molecule has 0 saturated heterocycles. The van der Waals surface area contributed by atoms with E-state index >= 15 is 0 Å². The quantitative estimate of drug-likeness (QED) is 0.659. The van der Waals surface area contributed by atoms with Crippen molar-refractivity contribution in [1.29, 1.82) is 0 Å². The maximum absolute atomic E-state index is 6.00. The van der Waals surface area contributed by atoms with Crippen LogP contribution >= 0.6 is 39.1 Å². The maximum Gasteiger partial charge on any atom is 0.258 e. The van der Waals surface area contributed by atoms with Gasteiger partial charge in [0.15, 0.2) is 0 Å². The second-order valence-electron chi connectivity index (χ2n) is 4.17. The highest BCUT2D eigenvalue weighted by molar-refractivity contribution is 9.10. The first-order valence-electron chi connectivity index (χ1n) is 5.74. The van der Waals surface area contributed by atoms with Gasteiger partial charge in [0, 0.05) is 28.0 Å². The van der Waals surface area contributed by atoms with E-state index in [1.165, 1.54) is 0 Å². The molecule has 0 aliphatic heterocycles. The van der Waals surface area contributed by atoms with Crippen molar-refractivity contribution in [3.63, 3.8) is 0 Å². The van der Waals surface area contributed by atoms with Crippen molar-refractivity contribution in [3.8, 4) is 22.8 Å². The van der Waals surface area contributed by atoms with Gasteiger partial charge in [0.05, 0.1) is 15.7 Å². The molecule has 21 heavy (non-hydrogen) atoms. The molecule has 0 aliphatic rings. The zero-order chi connectivity index (χ0) is 15.0. The summed E-state index contributed by atoms with van der Waals surface area (Å²) in [6, 6.07) is 5.09. The predicted molar refractivity (Wildman–Crippen MR) is 85.1 cm³/mol. The van der Waals surface area contributed by atoms with Gasteiger partial charge in [0.25, 0.3) is 5.89 Å². The van der Waals surface area contributed by atoms with Crippen LogP contribution in [0.4, 0.5) is 5.69 Å². The third-order valence-corrected chi connectivity index (χ3v) is 3.77. The molecular weight excluding hydrogens is 379 g/mol. The fourth-order valence-corrected chi connectivity index (χ4v) is 2.55. The summed E-state index contributed by atoms with van der Waals surface area (Å²) in [5.74, 6) is 0.719. The average molecular weight is 386 g/mol. The maximum atomic E-state index is 6.00. The van der Waals surface area contributed by atoms with E-state index in [0.29, 0.717) is 33.0 Å². The Labute approximate surface area is 138 Å². The third kappa shape index (κ3) is 2.88. The molecule has 0 amide bonds. The predicted octanol–water partition coefficient (Wildman–Crippen LogP) is 4.45. The van der Waals surface area contributed by atoms with Gasteiger partial charge in [-0.1, -0.05) is 28.4 Å². The molecule has 0 atom stereocenters. The van der Waals surface area contributed by atoms with Crippen LogP contribution in [-0.2, 0) is 0 Å². The second-order valence-corrected chi connectivity index (χ2v) is 5.90. The lowest BCUT2D eigenvalue weighted by Gasteiger charge is -2.02. The Morgan fingerprint density at radius 2 is 1.76 bits per heavy atom. The standard InChI is InChI=1S/C13H7BrCl2N4O/c14-8-1-7(4-18-5-8)12-19-13(21-20-12)6-2-9(15)11(17)10(16)3-6/h1-5H,17H2. The van der Waals surface area contributed by atoms with Crippen LogP contribution in [-0.4, -0.2) is 15.1 Å². The Kier molecular flexibility index (Phi) is 3.84. The molecule has 2 heterocycles. The van der Waals surface area contributed by atoms with Crippen LogP contribution in [0, 0.1) is 0 Å². The Hall–Kier alpha value is -1.63. The molecule has 0 radical (unpaired) electrons. The Morgan fingerprint density at radius 3 is 2.43 bits per heavy atom. The number of halogens is 3. The van der Waals surface area contributed by atoms with Crippen LogP contribution in [0.15, 0.2) is 39.6 Å². The minimum absolute atomic E-state index is 0.300. The van der Waals surface area contributed by atoms with Crippen LogP contribution in [0.2, 0.25) is 10.0 Å². The lowest BCUT2D eigenvalue weighted by molar-refractivity contribution is 0.432. The molecule has 0 spiro atoms. The van der Waals surface area contributed by atoms with Crippen LogP contribution in [0.3, 0.4) is 0 Å². The first-order valence-corrected chi connectivity index (χ1v) is 7.29. The molecule has 0 aliphatic carbocycles. The van der Waals surface area contributed by atoms with Gasteiger partial charge in [-0.25, -0.2) is 0 Å². The number of hydrogen-bond donors (Lipinski definition) is 1. The van der Waals surface area contributed by atoms with Gasteiger partial charge >= 0.3 is 0 Å². The monoisotopic (exact) mass is 384 g/mol. The molecule has 5 nitrogen and oxygen atoms in total. The normalized spacial score (nSPS) is 10.8. The molecule has 106 valence electrons. The molecule has 2 aromatic heterocycles. The van der Waals surface area contributed by atoms with E-state index in [1.54, 1.807) is 24.5 Å². The summed E-state index contributed by atoms with van der Waals surface area (Å²) < 4.78 is 6.06. The SMILES string of the molecule is Nc1c(Cl)cc(-c2nc(-c3cncc(Br)c3)no2)cc1Cl. The largest absolute Gasteiger partial charge is 0.396 e. The summed E-state index contributed by atoms with van der Waals surface area (Å²) in [6.07, 6.45) is 3.31. The van der Waals surface area contributed by atoms with Crippen LogP contribution in [0.1, 0.15) is 0 Å². The summed E-state index contributed by atoms with van der Waals surface area (Å²) in [5.41, 5.74) is 7.34. The third-order valence-electron chi connectivity index (χ3n) is 2.72. The fourth-order valence-electron chi connectivity index (χ4n) is 1.70. The number of rotatable bonds is 2. The summed E-state index contributed by atoms with van der Waals surface area (Å²) in [4.78, 5) is 8.36. The number of anilines is 1. The Morgan fingerprint density at radius 1 is 1.05 bits per heavy atom. The average Bonchev–Trinajstić information content (AvgIpc) is 2.94. The smallest absolute Gasteiger partial charge is 0.258 e. The second kappa shape index (κ2) is 5.63. The van der Waals surface area contributed by atoms with Crippen LogP contribution in [0.25, 0.3) is 22.8 Å². The van der Waals surface area contributed by atoms with Gasteiger partial charge < -0.3 is 10.3 Å². The molecule has 0 bridgehead atoms. The number of benzene rings is 1. The van der Waals surface area contributed by atoms with Gasteiger partial charge in [0.1, 0.15) is 0 Å². The van der Waals surface area contributed by atoms with Gasteiger partial charge in [-0.05, 0) is 34.1 Å². The summed E-state index contributed by atoms with van der Waals surface area (Å²) in [7, 11) is 0. The molecule has 0 fully saturated rings. The summed E-state index contributed by atoms with van der Waals surface area (Å²) in [5, 5.41) is 4.59. The van der Waals surface area contributed by atoms with E-state index < -0.39 is 0 Å². The van der Waals surface area contributed by atoms with E-state index in [1.807, 2.05) is 6.07 Å². The zero-order valence-electron chi connectivity index (χ0n) is 10.3. The lowest BCUT2D eigenvalue weighted by atomic mass is 10.2. The molecule has 3 aromatic rings. The van der Waals surface area contributed by atoms with Gasteiger partial charge in [0.2, 0.25) is 5.82 Å². The van der Waals surface area contributed by atoms with Gasteiger partial charge in [-0.15, -0.1) is 0 Å². The minimum Gasteiger partial charge on any atom is -0.396 e. The summed E-state index contributed by atoms with van der Waals surface area (Å²) in [6.45, 7) is 0.